The highest BCUT2D eigenvalue weighted by Crippen LogP contribution is 2.23. The SMILES string of the molecule is CC1CN(S(=O)(=O)c2cccc(F)c2C#N)CCN1C. The molecule has 20 heavy (non-hydrogen) atoms. The van der Waals surface area contributed by atoms with Crippen molar-refractivity contribution in [3.05, 3.63) is 29.6 Å². The Bertz CT molecular complexity index is 654. The quantitative estimate of drug-likeness (QED) is 0.817. The molecule has 1 aromatic rings. The molecule has 0 radical (unpaired) electrons. The van der Waals surface area contributed by atoms with Gasteiger partial charge in [-0.3, -0.25) is 0 Å². The van der Waals surface area contributed by atoms with Gasteiger partial charge in [0.05, 0.1) is 0 Å². The van der Waals surface area contributed by atoms with Gasteiger partial charge in [0, 0.05) is 25.7 Å². The van der Waals surface area contributed by atoms with Gasteiger partial charge in [0.25, 0.3) is 0 Å². The number of benzene rings is 1. The van der Waals surface area contributed by atoms with E-state index in [1.807, 2.05) is 14.0 Å². The molecule has 5 nitrogen and oxygen atoms in total. The molecular weight excluding hydrogens is 281 g/mol. The van der Waals surface area contributed by atoms with Crippen LogP contribution in [-0.2, 0) is 10.0 Å². The van der Waals surface area contributed by atoms with Gasteiger partial charge in [0.15, 0.2) is 0 Å². The van der Waals surface area contributed by atoms with Crippen LogP contribution in [0.25, 0.3) is 0 Å². The molecule has 108 valence electrons. The first-order valence-electron chi connectivity index (χ1n) is 6.27. The molecule has 0 aromatic heterocycles. The van der Waals surface area contributed by atoms with Crippen LogP contribution in [0.4, 0.5) is 4.39 Å². The molecule has 2 rings (SSSR count). The highest BCUT2D eigenvalue weighted by Gasteiger charge is 2.33. The molecule has 1 saturated heterocycles. The molecule has 1 fully saturated rings. The van der Waals surface area contributed by atoms with Gasteiger partial charge in [0.1, 0.15) is 22.3 Å². The van der Waals surface area contributed by atoms with Crippen LogP contribution in [-0.4, -0.2) is 50.3 Å². The van der Waals surface area contributed by atoms with Crippen LogP contribution in [0.3, 0.4) is 0 Å². The second-order valence-corrected chi connectivity index (χ2v) is 6.82. The Morgan fingerprint density at radius 3 is 2.70 bits per heavy atom. The fraction of sp³-hybridized carbons (Fsp3) is 0.462. The maximum absolute atomic E-state index is 13.6. The molecule has 1 atom stereocenters. The minimum absolute atomic E-state index is 0.0811. The number of nitriles is 1. The minimum Gasteiger partial charge on any atom is -0.301 e. The van der Waals surface area contributed by atoms with Gasteiger partial charge in [0.2, 0.25) is 10.0 Å². The molecule has 1 unspecified atom stereocenters. The number of likely N-dealkylation sites (N-methyl/N-ethyl adjacent to an activating group) is 1. The monoisotopic (exact) mass is 297 g/mol. The molecule has 1 aromatic carbocycles. The highest BCUT2D eigenvalue weighted by atomic mass is 32.2. The summed E-state index contributed by atoms with van der Waals surface area (Å²) in [5.74, 6) is -0.809. The van der Waals surface area contributed by atoms with Crippen molar-refractivity contribution in [3.8, 4) is 6.07 Å². The van der Waals surface area contributed by atoms with E-state index in [-0.39, 0.29) is 10.9 Å². The fourth-order valence-electron chi connectivity index (χ4n) is 2.20. The van der Waals surface area contributed by atoms with Crippen molar-refractivity contribution in [1.82, 2.24) is 9.21 Å². The predicted molar refractivity (Wildman–Crippen MR) is 72.0 cm³/mol. The number of halogens is 1. The van der Waals surface area contributed by atoms with Gasteiger partial charge in [-0.05, 0) is 26.1 Å². The molecule has 0 N–H and O–H groups in total. The molecule has 7 heteroatoms. The van der Waals surface area contributed by atoms with E-state index in [1.54, 1.807) is 6.07 Å². The molecule has 1 aliphatic heterocycles. The summed E-state index contributed by atoms with van der Waals surface area (Å²) in [6.45, 7) is 3.21. The number of nitrogens with zero attached hydrogens (tertiary/aromatic N) is 3. The summed E-state index contributed by atoms with van der Waals surface area (Å²) in [4.78, 5) is 1.81. The Labute approximate surface area is 118 Å². The zero-order valence-corrected chi connectivity index (χ0v) is 12.2. The van der Waals surface area contributed by atoms with Crippen molar-refractivity contribution >= 4 is 10.0 Å². The largest absolute Gasteiger partial charge is 0.301 e. The number of sulfonamides is 1. The van der Waals surface area contributed by atoms with Gasteiger partial charge in [-0.25, -0.2) is 12.8 Å². The van der Waals surface area contributed by atoms with Gasteiger partial charge in [-0.2, -0.15) is 9.57 Å². The van der Waals surface area contributed by atoms with Gasteiger partial charge >= 0.3 is 0 Å². The van der Waals surface area contributed by atoms with Gasteiger partial charge in [-0.1, -0.05) is 6.07 Å². The lowest BCUT2D eigenvalue weighted by molar-refractivity contribution is 0.159. The van der Waals surface area contributed by atoms with Crippen molar-refractivity contribution in [2.75, 3.05) is 26.7 Å². The normalized spacial score (nSPS) is 21.6. The van der Waals surface area contributed by atoms with E-state index in [0.29, 0.717) is 19.6 Å². The summed E-state index contributed by atoms with van der Waals surface area (Å²) < 4.78 is 40.0. The summed E-state index contributed by atoms with van der Waals surface area (Å²) >= 11 is 0. The first kappa shape index (κ1) is 14.9. The Balaban J connectivity index is 2.42. The molecule has 0 aliphatic carbocycles. The molecule has 0 amide bonds. The van der Waals surface area contributed by atoms with Crippen LogP contribution in [0.5, 0.6) is 0 Å². The molecular formula is C13H16FN3O2S. The Morgan fingerprint density at radius 1 is 1.40 bits per heavy atom. The van der Waals surface area contributed by atoms with Crippen LogP contribution < -0.4 is 0 Å². The van der Waals surface area contributed by atoms with Gasteiger partial charge < -0.3 is 4.90 Å². The van der Waals surface area contributed by atoms with E-state index in [2.05, 4.69) is 4.90 Å². The summed E-state index contributed by atoms with van der Waals surface area (Å²) in [6, 6.07) is 5.39. The van der Waals surface area contributed by atoms with Crippen molar-refractivity contribution in [3.63, 3.8) is 0 Å². The van der Waals surface area contributed by atoms with Crippen molar-refractivity contribution < 1.29 is 12.8 Å². The summed E-state index contributed by atoms with van der Waals surface area (Å²) in [5.41, 5.74) is -0.418. The second kappa shape index (κ2) is 5.48. The summed E-state index contributed by atoms with van der Waals surface area (Å²) in [6.07, 6.45) is 0. The van der Waals surface area contributed by atoms with Crippen molar-refractivity contribution in [1.29, 1.82) is 5.26 Å². The zero-order valence-electron chi connectivity index (χ0n) is 11.4. The second-order valence-electron chi connectivity index (χ2n) is 4.92. The Morgan fingerprint density at radius 2 is 2.10 bits per heavy atom. The summed E-state index contributed by atoms with van der Waals surface area (Å²) in [7, 11) is -1.91. The van der Waals surface area contributed by atoms with E-state index in [0.717, 1.165) is 6.07 Å². The molecule has 1 aliphatic rings. The third-order valence-electron chi connectivity index (χ3n) is 3.63. The van der Waals surface area contributed by atoms with Crippen LogP contribution in [0.2, 0.25) is 0 Å². The highest BCUT2D eigenvalue weighted by molar-refractivity contribution is 7.89. The lowest BCUT2D eigenvalue weighted by Gasteiger charge is -2.36. The Kier molecular flexibility index (Phi) is 4.09. The average Bonchev–Trinajstić information content (AvgIpc) is 2.41. The van der Waals surface area contributed by atoms with Crippen LogP contribution in [0, 0.1) is 17.1 Å². The zero-order chi connectivity index (χ0) is 14.9. The van der Waals surface area contributed by atoms with E-state index in [9.17, 15) is 12.8 Å². The number of rotatable bonds is 2. The molecule has 0 saturated carbocycles. The first-order valence-corrected chi connectivity index (χ1v) is 7.71. The molecule has 0 spiro atoms. The minimum atomic E-state index is -3.84. The topological polar surface area (TPSA) is 64.4 Å². The van der Waals surface area contributed by atoms with Crippen LogP contribution in [0.1, 0.15) is 12.5 Å². The number of piperazine rings is 1. The molecule has 1 heterocycles. The standard InChI is InChI=1S/C13H16FN3O2S/c1-10-9-17(7-6-16(10)2)20(18,19)13-5-3-4-12(14)11(13)8-15/h3-5,10H,6-7,9H2,1-2H3. The van der Waals surface area contributed by atoms with Gasteiger partial charge in [-0.15, -0.1) is 0 Å². The van der Waals surface area contributed by atoms with Crippen LogP contribution in [0.15, 0.2) is 23.1 Å². The van der Waals surface area contributed by atoms with Crippen molar-refractivity contribution in [2.45, 2.75) is 17.9 Å². The first-order chi connectivity index (χ1) is 9.37. The smallest absolute Gasteiger partial charge is 0.244 e. The molecule has 0 bridgehead atoms. The average molecular weight is 297 g/mol. The number of hydrogen-bond donors (Lipinski definition) is 0. The van der Waals surface area contributed by atoms with Crippen molar-refractivity contribution in [2.24, 2.45) is 0 Å². The summed E-state index contributed by atoms with van der Waals surface area (Å²) in [5, 5.41) is 8.97. The number of hydrogen-bond acceptors (Lipinski definition) is 4. The lowest BCUT2D eigenvalue weighted by atomic mass is 10.2. The fourth-order valence-corrected chi connectivity index (χ4v) is 3.86. The van der Waals surface area contributed by atoms with E-state index in [4.69, 9.17) is 5.26 Å². The van der Waals surface area contributed by atoms with E-state index >= 15 is 0 Å². The lowest BCUT2D eigenvalue weighted by Crippen LogP contribution is -2.51. The maximum atomic E-state index is 13.6. The predicted octanol–water partition coefficient (Wildman–Crippen LogP) is 1.02. The van der Waals surface area contributed by atoms with Crippen LogP contribution >= 0.6 is 0 Å². The maximum Gasteiger partial charge on any atom is 0.244 e. The van der Waals surface area contributed by atoms with E-state index in [1.165, 1.54) is 16.4 Å². The third-order valence-corrected chi connectivity index (χ3v) is 5.53. The van der Waals surface area contributed by atoms with E-state index < -0.39 is 21.4 Å². The third kappa shape index (κ3) is 2.54. The Hall–Kier alpha value is -1.49.